The normalized spacial score (nSPS) is 6.86. The molecule has 0 amide bonds. The Balaban J connectivity index is 0.000000360. The van der Waals surface area contributed by atoms with E-state index in [4.69, 9.17) is 0 Å². The van der Waals surface area contributed by atoms with Gasteiger partial charge in [-0.15, -0.1) is 0 Å². The minimum Gasteiger partial charge on any atom is -0.319 e. The average molecular weight is 100 g/mol. The van der Waals surface area contributed by atoms with E-state index in [0.29, 0.717) is 0 Å². The summed E-state index contributed by atoms with van der Waals surface area (Å²) in [5.74, 6) is 0. The molecule has 0 spiro atoms. The molecule has 0 aliphatic rings. The topological polar surface area (TPSA) is 0 Å². The molecule has 0 aliphatic heterocycles. The summed E-state index contributed by atoms with van der Waals surface area (Å²) in [4.78, 5) is 0. The Morgan fingerprint density at radius 2 is 1.00 bits per heavy atom. The summed E-state index contributed by atoms with van der Waals surface area (Å²) in [5, 5.41) is 0. The van der Waals surface area contributed by atoms with E-state index in [1.807, 2.05) is 24.3 Å². The van der Waals surface area contributed by atoms with Crippen LogP contribution in [-0.2, 0) is 0 Å². The molecule has 7 heavy (non-hydrogen) atoms. The third-order valence-corrected chi connectivity index (χ3v) is 0.552. The van der Waals surface area contributed by atoms with Crippen LogP contribution in [0.1, 0.15) is 0 Å². The second-order valence-electron chi connectivity index (χ2n) is 1.00. The van der Waals surface area contributed by atoms with Crippen LogP contribution in [0, 0.1) is 12.1 Å². The van der Waals surface area contributed by atoms with Gasteiger partial charge in [-0.3, -0.25) is 24.3 Å². The molecule has 0 atom stereocenters. The molecule has 0 fully saturated rings. The van der Waals surface area contributed by atoms with E-state index in [1.165, 1.54) is 0 Å². The fourth-order valence-electron chi connectivity index (χ4n) is 0.304. The Kier molecular flexibility index (Phi) is 4.15. The van der Waals surface area contributed by atoms with Gasteiger partial charge in [0.25, 0.3) is 0 Å². The maximum Gasteiger partial charge on any atom is 2.00 e. The number of hydrogen-bond donors (Lipinski definition) is 0. The Hall–Kier alpha value is -0.0138. The third kappa shape index (κ3) is 2.65. The molecule has 0 bridgehead atoms. The first-order chi connectivity index (χ1) is 3.00. The Labute approximate surface area is 59.7 Å². The second kappa shape index (κ2) is 4.15. The van der Waals surface area contributed by atoms with Crippen LogP contribution in [0.5, 0.6) is 0 Å². The first-order valence-corrected chi connectivity index (χ1v) is 1.82. The van der Waals surface area contributed by atoms with E-state index in [-0.39, 0.29) is 23.1 Å². The fourth-order valence-corrected chi connectivity index (χ4v) is 0.304. The van der Waals surface area contributed by atoms with E-state index in [2.05, 4.69) is 12.1 Å². The van der Waals surface area contributed by atoms with E-state index in [0.717, 1.165) is 0 Å². The van der Waals surface area contributed by atoms with E-state index >= 15 is 0 Å². The van der Waals surface area contributed by atoms with Crippen LogP contribution in [-0.4, -0.2) is 23.1 Å². The second-order valence-corrected chi connectivity index (χ2v) is 1.00. The van der Waals surface area contributed by atoms with Crippen molar-refractivity contribution >= 4 is 23.1 Å². The molecular weight excluding hydrogens is 96.4 g/mol. The SMILES string of the molecule is [Mg+2].[c-]1cc[c-]cc1. The van der Waals surface area contributed by atoms with Crippen LogP contribution >= 0.6 is 0 Å². The van der Waals surface area contributed by atoms with E-state index in [1.54, 1.807) is 0 Å². The number of hydrogen-bond acceptors (Lipinski definition) is 0. The first kappa shape index (κ1) is 6.99. The molecule has 0 radical (unpaired) electrons. The maximum absolute atomic E-state index is 2.86. The van der Waals surface area contributed by atoms with Crippen molar-refractivity contribution in [1.29, 1.82) is 0 Å². The zero-order valence-corrected chi connectivity index (χ0v) is 5.43. The van der Waals surface area contributed by atoms with Gasteiger partial charge in [-0.1, -0.05) is 0 Å². The van der Waals surface area contributed by atoms with Gasteiger partial charge in [-0.2, -0.15) is 0 Å². The van der Waals surface area contributed by atoms with Crippen molar-refractivity contribution in [3.05, 3.63) is 36.4 Å². The van der Waals surface area contributed by atoms with Crippen molar-refractivity contribution in [2.45, 2.75) is 0 Å². The molecule has 1 heteroatoms. The predicted molar refractivity (Wildman–Crippen MR) is 29.9 cm³/mol. The molecule has 0 saturated carbocycles. The van der Waals surface area contributed by atoms with Gasteiger partial charge in [0.15, 0.2) is 0 Å². The summed E-state index contributed by atoms with van der Waals surface area (Å²) in [6.45, 7) is 0. The standard InChI is InChI=1S/C6H4.Mg/c1-2-4-6-5-3-1;/h1-2,5-6H;/q-2;+2. The Bertz CT molecular complexity index is 76.1. The summed E-state index contributed by atoms with van der Waals surface area (Å²) in [6, 6.07) is 13.0. The molecule has 0 nitrogen and oxygen atoms in total. The third-order valence-electron chi connectivity index (χ3n) is 0.552. The zero-order chi connectivity index (χ0) is 4.24. The molecule has 0 aromatic heterocycles. The van der Waals surface area contributed by atoms with Crippen molar-refractivity contribution in [3.8, 4) is 0 Å². The fraction of sp³-hybridized carbons (Fsp3) is 0. The van der Waals surface area contributed by atoms with Crippen LogP contribution in [0.15, 0.2) is 24.3 Å². The summed E-state index contributed by atoms with van der Waals surface area (Å²) in [7, 11) is 0. The van der Waals surface area contributed by atoms with Crippen molar-refractivity contribution < 1.29 is 0 Å². The largest absolute Gasteiger partial charge is 2.00 e. The average Bonchev–Trinajstić information content (AvgIpc) is 1.72. The van der Waals surface area contributed by atoms with Crippen LogP contribution in [0.4, 0.5) is 0 Å². The minimum absolute atomic E-state index is 0. The molecule has 0 heterocycles. The molecule has 0 aliphatic carbocycles. The molecular formula is C6H4Mg. The van der Waals surface area contributed by atoms with Gasteiger partial charge in [0.2, 0.25) is 0 Å². The molecule has 0 N–H and O–H groups in total. The van der Waals surface area contributed by atoms with Gasteiger partial charge in [-0.25, -0.2) is 0 Å². The molecule has 1 aromatic carbocycles. The summed E-state index contributed by atoms with van der Waals surface area (Å²) in [6.07, 6.45) is 0. The van der Waals surface area contributed by atoms with Gasteiger partial charge in [0.1, 0.15) is 0 Å². The monoisotopic (exact) mass is 100 g/mol. The summed E-state index contributed by atoms with van der Waals surface area (Å²) >= 11 is 0. The van der Waals surface area contributed by atoms with Crippen molar-refractivity contribution in [3.63, 3.8) is 0 Å². The number of rotatable bonds is 0. The number of benzene rings is 1. The first-order valence-electron chi connectivity index (χ1n) is 1.82. The molecule has 1 rings (SSSR count). The van der Waals surface area contributed by atoms with Gasteiger partial charge in [-0.05, 0) is 0 Å². The zero-order valence-electron chi connectivity index (χ0n) is 4.02. The van der Waals surface area contributed by atoms with Crippen LogP contribution in [0.2, 0.25) is 0 Å². The van der Waals surface area contributed by atoms with Gasteiger partial charge >= 0.3 is 23.1 Å². The minimum atomic E-state index is 0. The van der Waals surface area contributed by atoms with E-state index in [9.17, 15) is 0 Å². The molecule has 0 saturated heterocycles. The maximum atomic E-state index is 2.86. The van der Waals surface area contributed by atoms with Crippen molar-refractivity contribution in [2.75, 3.05) is 0 Å². The van der Waals surface area contributed by atoms with E-state index < -0.39 is 0 Å². The van der Waals surface area contributed by atoms with Crippen LogP contribution < -0.4 is 0 Å². The van der Waals surface area contributed by atoms with Gasteiger partial charge < -0.3 is 12.1 Å². The predicted octanol–water partition coefficient (Wildman–Crippen LogP) is 0.906. The smallest absolute Gasteiger partial charge is 0.319 e. The quantitative estimate of drug-likeness (QED) is 0.336. The van der Waals surface area contributed by atoms with Crippen molar-refractivity contribution in [2.24, 2.45) is 0 Å². The van der Waals surface area contributed by atoms with Crippen molar-refractivity contribution in [1.82, 2.24) is 0 Å². The summed E-state index contributed by atoms with van der Waals surface area (Å²) < 4.78 is 0. The van der Waals surface area contributed by atoms with Crippen LogP contribution in [0.3, 0.4) is 0 Å². The molecule has 1 aromatic rings. The van der Waals surface area contributed by atoms with Crippen LogP contribution in [0.25, 0.3) is 0 Å². The van der Waals surface area contributed by atoms with Gasteiger partial charge in [0, 0.05) is 0 Å². The summed E-state index contributed by atoms with van der Waals surface area (Å²) in [5.41, 5.74) is 0. The Morgan fingerprint density at radius 1 is 0.714 bits per heavy atom. The molecule has 30 valence electrons. The van der Waals surface area contributed by atoms with Gasteiger partial charge in [0.05, 0.1) is 0 Å². The Morgan fingerprint density at radius 3 is 1.14 bits per heavy atom. The molecule has 0 unspecified atom stereocenters.